The first kappa shape index (κ1) is 13.1. The van der Waals surface area contributed by atoms with Crippen molar-refractivity contribution in [3.63, 3.8) is 0 Å². The minimum atomic E-state index is -4.28. The molecule has 90 valence electrons. The molecule has 1 rings (SSSR count). The summed E-state index contributed by atoms with van der Waals surface area (Å²) in [7, 11) is 0. The predicted octanol–water partition coefficient (Wildman–Crippen LogP) is 2.60. The molecule has 0 amide bonds. The molecule has 0 radical (unpaired) electrons. The second-order valence-corrected chi connectivity index (χ2v) is 4.13. The minimum Gasteiger partial charge on any atom is -0.378 e. The fourth-order valence-electron chi connectivity index (χ4n) is 1.59. The molecule has 15 heavy (non-hydrogen) atoms. The molecule has 0 aromatic carbocycles. The van der Waals surface area contributed by atoms with E-state index in [1.54, 1.807) is 0 Å². The summed E-state index contributed by atoms with van der Waals surface area (Å²) in [4.78, 5) is 0. The number of ether oxygens (including phenoxy) is 2. The maximum absolute atomic E-state index is 11.9. The van der Waals surface area contributed by atoms with Gasteiger partial charge in [-0.3, -0.25) is 0 Å². The maximum atomic E-state index is 11.9. The molecule has 6 heteroatoms. The van der Waals surface area contributed by atoms with E-state index in [2.05, 4.69) is 4.74 Å². The van der Waals surface area contributed by atoms with E-state index in [9.17, 15) is 13.2 Å². The first-order chi connectivity index (χ1) is 6.90. The number of halogens is 4. The van der Waals surface area contributed by atoms with Gasteiger partial charge in [0.25, 0.3) is 0 Å². The lowest BCUT2D eigenvalue weighted by Gasteiger charge is -2.29. The Hall–Kier alpha value is -0.0000000000000000555. The van der Waals surface area contributed by atoms with E-state index in [0.29, 0.717) is 13.0 Å². The molecule has 0 N–H and O–H groups in total. The Morgan fingerprint density at radius 1 is 1.53 bits per heavy atom. The summed E-state index contributed by atoms with van der Waals surface area (Å²) in [6.45, 7) is 1.12. The summed E-state index contributed by atoms with van der Waals surface area (Å²) in [6, 6.07) is 0. The van der Waals surface area contributed by atoms with Crippen LogP contribution in [0, 0.1) is 5.41 Å². The molecule has 0 aromatic heterocycles. The van der Waals surface area contributed by atoms with Crippen LogP contribution in [0.3, 0.4) is 0 Å². The lowest BCUT2D eigenvalue weighted by molar-refractivity contribution is -0.181. The Morgan fingerprint density at radius 3 is 2.60 bits per heavy atom. The molecular weight excluding hydrogens is 233 g/mol. The Morgan fingerprint density at radius 2 is 2.20 bits per heavy atom. The van der Waals surface area contributed by atoms with Gasteiger partial charge in [0.1, 0.15) is 6.61 Å². The van der Waals surface area contributed by atoms with Crippen molar-refractivity contribution in [1.82, 2.24) is 0 Å². The van der Waals surface area contributed by atoms with E-state index in [4.69, 9.17) is 16.3 Å². The van der Waals surface area contributed by atoms with E-state index in [1.807, 2.05) is 6.92 Å². The number of hydrogen-bond donors (Lipinski definition) is 0. The van der Waals surface area contributed by atoms with Gasteiger partial charge in [-0.15, -0.1) is 11.6 Å². The number of alkyl halides is 4. The second-order valence-electron chi connectivity index (χ2n) is 3.87. The average molecular weight is 247 g/mol. The highest BCUT2D eigenvalue weighted by Crippen LogP contribution is 2.36. The van der Waals surface area contributed by atoms with Gasteiger partial charge >= 0.3 is 6.18 Å². The number of rotatable bonds is 4. The van der Waals surface area contributed by atoms with E-state index in [-0.39, 0.29) is 18.6 Å². The van der Waals surface area contributed by atoms with Gasteiger partial charge in [0.05, 0.1) is 12.7 Å². The van der Waals surface area contributed by atoms with Crippen molar-refractivity contribution in [3.8, 4) is 0 Å². The molecule has 0 saturated carbocycles. The highest BCUT2D eigenvalue weighted by molar-refractivity contribution is 6.18. The molecular formula is C9H14ClF3O2. The smallest absolute Gasteiger partial charge is 0.378 e. The lowest BCUT2D eigenvalue weighted by atomic mass is 9.85. The molecule has 1 aliphatic heterocycles. The van der Waals surface area contributed by atoms with Crippen LogP contribution in [0.4, 0.5) is 13.2 Å². The Balaban J connectivity index is 2.41. The largest absolute Gasteiger partial charge is 0.411 e. The summed E-state index contributed by atoms with van der Waals surface area (Å²) in [6.07, 6.45) is -3.78. The summed E-state index contributed by atoms with van der Waals surface area (Å²) in [5, 5.41) is 0. The molecule has 0 aromatic rings. The minimum absolute atomic E-state index is 0.00280. The third-order valence-corrected chi connectivity index (χ3v) is 3.28. The summed E-state index contributed by atoms with van der Waals surface area (Å²) >= 11 is 5.77. The van der Waals surface area contributed by atoms with Crippen molar-refractivity contribution in [2.24, 2.45) is 5.41 Å². The predicted molar refractivity (Wildman–Crippen MR) is 50.1 cm³/mol. The third kappa shape index (κ3) is 3.50. The molecule has 1 fully saturated rings. The van der Waals surface area contributed by atoms with Crippen molar-refractivity contribution in [2.75, 3.05) is 25.7 Å². The zero-order valence-corrected chi connectivity index (χ0v) is 9.20. The normalized spacial score (nSPS) is 32.2. The van der Waals surface area contributed by atoms with Crippen LogP contribution in [0.15, 0.2) is 0 Å². The van der Waals surface area contributed by atoms with E-state index >= 15 is 0 Å². The molecule has 2 nitrogen and oxygen atoms in total. The molecule has 0 aliphatic carbocycles. The Labute approximate surface area is 91.7 Å². The van der Waals surface area contributed by atoms with Gasteiger partial charge in [-0.2, -0.15) is 13.2 Å². The fourth-order valence-corrected chi connectivity index (χ4v) is 2.02. The average Bonchev–Trinajstić information content (AvgIpc) is 2.46. The van der Waals surface area contributed by atoms with Crippen LogP contribution in [0.5, 0.6) is 0 Å². The van der Waals surface area contributed by atoms with Crippen LogP contribution in [0.2, 0.25) is 0 Å². The summed E-state index contributed by atoms with van der Waals surface area (Å²) < 4.78 is 45.6. The van der Waals surface area contributed by atoms with E-state index < -0.39 is 18.2 Å². The maximum Gasteiger partial charge on any atom is 0.411 e. The monoisotopic (exact) mass is 246 g/mol. The van der Waals surface area contributed by atoms with Crippen LogP contribution in [0.25, 0.3) is 0 Å². The molecule has 1 aliphatic rings. The van der Waals surface area contributed by atoms with E-state index in [1.165, 1.54) is 0 Å². The van der Waals surface area contributed by atoms with Gasteiger partial charge in [0.2, 0.25) is 0 Å². The van der Waals surface area contributed by atoms with Crippen molar-refractivity contribution < 1.29 is 22.6 Å². The van der Waals surface area contributed by atoms with Crippen LogP contribution >= 0.6 is 11.6 Å². The first-order valence-electron chi connectivity index (χ1n) is 4.72. The Bertz CT molecular complexity index is 210. The molecule has 0 spiro atoms. The van der Waals surface area contributed by atoms with Crippen LogP contribution in [-0.4, -0.2) is 38.0 Å². The van der Waals surface area contributed by atoms with Gasteiger partial charge in [0, 0.05) is 17.9 Å². The molecule has 2 atom stereocenters. The first-order valence-corrected chi connectivity index (χ1v) is 5.25. The highest BCUT2D eigenvalue weighted by atomic mass is 35.5. The topological polar surface area (TPSA) is 18.5 Å². The Kier molecular flexibility index (Phi) is 4.26. The molecule has 0 bridgehead atoms. The van der Waals surface area contributed by atoms with Crippen LogP contribution in [0.1, 0.15) is 13.3 Å². The van der Waals surface area contributed by atoms with Gasteiger partial charge in [0.15, 0.2) is 0 Å². The SMILES string of the molecule is CC1OCCC1(CCl)COCC(F)(F)F. The zero-order chi connectivity index (χ0) is 11.5. The summed E-state index contributed by atoms with van der Waals surface area (Å²) in [5.74, 6) is 0.256. The van der Waals surface area contributed by atoms with Crippen molar-refractivity contribution in [2.45, 2.75) is 25.6 Å². The number of hydrogen-bond acceptors (Lipinski definition) is 2. The van der Waals surface area contributed by atoms with Crippen molar-refractivity contribution in [3.05, 3.63) is 0 Å². The van der Waals surface area contributed by atoms with Crippen molar-refractivity contribution >= 4 is 11.6 Å². The zero-order valence-electron chi connectivity index (χ0n) is 8.44. The molecule has 1 saturated heterocycles. The van der Waals surface area contributed by atoms with Crippen LogP contribution in [-0.2, 0) is 9.47 Å². The van der Waals surface area contributed by atoms with Gasteiger partial charge in [-0.05, 0) is 13.3 Å². The van der Waals surface area contributed by atoms with Gasteiger partial charge in [-0.25, -0.2) is 0 Å². The second kappa shape index (κ2) is 4.89. The molecule has 1 heterocycles. The van der Waals surface area contributed by atoms with Gasteiger partial charge < -0.3 is 9.47 Å². The van der Waals surface area contributed by atoms with Crippen molar-refractivity contribution in [1.29, 1.82) is 0 Å². The quantitative estimate of drug-likeness (QED) is 0.710. The molecule has 2 unspecified atom stereocenters. The highest BCUT2D eigenvalue weighted by Gasteiger charge is 2.42. The fraction of sp³-hybridized carbons (Fsp3) is 1.00. The third-order valence-electron chi connectivity index (χ3n) is 2.75. The lowest BCUT2D eigenvalue weighted by Crippen LogP contribution is -2.37. The summed E-state index contributed by atoms with van der Waals surface area (Å²) in [5.41, 5.74) is -0.465. The standard InChI is InChI=1S/C9H14ClF3O2/c1-7-8(4-10,2-3-15-7)5-14-6-9(11,12)13/h7H,2-6H2,1H3. The van der Waals surface area contributed by atoms with Gasteiger partial charge in [-0.1, -0.05) is 0 Å². The van der Waals surface area contributed by atoms with E-state index in [0.717, 1.165) is 0 Å². The van der Waals surface area contributed by atoms with Crippen LogP contribution < -0.4 is 0 Å².